The average Bonchev–Trinajstić information content (AvgIpc) is 3.44. The number of esters is 2. The van der Waals surface area contributed by atoms with E-state index in [1.54, 1.807) is 30.4 Å². The van der Waals surface area contributed by atoms with Gasteiger partial charge in [-0.25, -0.2) is 9.59 Å². The van der Waals surface area contributed by atoms with E-state index in [4.69, 9.17) is 28.4 Å². The number of methoxy groups -OCH3 is 3. The Hall–Kier alpha value is -5.84. The predicted octanol–water partition coefficient (Wildman–Crippen LogP) is 5.77. The van der Waals surface area contributed by atoms with Crippen molar-refractivity contribution in [2.75, 3.05) is 34.5 Å². The molecular formula is C35H32O11. The van der Waals surface area contributed by atoms with Crippen molar-refractivity contribution < 1.29 is 53.3 Å². The van der Waals surface area contributed by atoms with E-state index in [2.05, 4.69) is 0 Å². The molecule has 0 aromatic heterocycles. The van der Waals surface area contributed by atoms with Gasteiger partial charge < -0.3 is 43.7 Å². The number of hydrogen-bond acceptors (Lipinski definition) is 11. The zero-order valence-corrected chi connectivity index (χ0v) is 25.3. The highest BCUT2D eigenvalue weighted by Crippen LogP contribution is 2.53. The number of benzene rings is 4. The molecule has 4 aromatic rings. The maximum absolute atomic E-state index is 12.9. The van der Waals surface area contributed by atoms with Crippen LogP contribution in [-0.2, 0) is 9.47 Å². The second kappa shape index (κ2) is 13.9. The second-order valence-electron chi connectivity index (χ2n) is 10.3. The first-order chi connectivity index (χ1) is 22.2. The number of rotatable bonds is 11. The lowest BCUT2D eigenvalue weighted by Crippen LogP contribution is -2.18. The Labute approximate surface area is 264 Å². The highest BCUT2D eigenvalue weighted by atomic mass is 16.5. The molecular weight excluding hydrogens is 596 g/mol. The predicted molar refractivity (Wildman–Crippen MR) is 166 cm³/mol. The van der Waals surface area contributed by atoms with Gasteiger partial charge in [0.1, 0.15) is 30.8 Å². The Bertz CT molecular complexity index is 1720. The summed E-state index contributed by atoms with van der Waals surface area (Å²) in [6, 6.07) is 18.3. The summed E-state index contributed by atoms with van der Waals surface area (Å²) in [7, 11) is 4.35. The maximum atomic E-state index is 12.9. The second-order valence-corrected chi connectivity index (χ2v) is 10.3. The van der Waals surface area contributed by atoms with Crippen LogP contribution < -0.4 is 18.9 Å². The number of phenolic OH excluding ortho intramolecular Hbond substituents is 3. The van der Waals surface area contributed by atoms with E-state index in [0.29, 0.717) is 33.8 Å². The van der Waals surface area contributed by atoms with Crippen molar-refractivity contribution in [3.05, 3.63) is 107 Å². The van der Waals surface area contributed by atoms with Crippen LogP contribution in [0.3, 0.4) is 0 Å². The third-order valence-corrected chi connectivity index (χ3v) is 7.39. The van der Waals surface area contributed by atoms with Gasteiger partial charge in [0.25, 0.3) is 0 Å². The van der Waals surface area contributed by atoms with Gasteiger partial charge in [-0.15, -0.1) is 0 Å². The van der Waals surface area contributed by atoms with E-state index in [-0.39, 0.29) is 47.5 Å². The molecule has 0 saturated carbocycles. The SMILES string of the molecule is COc1cc([C@H]2Oc3c(OC)cc(C=CCOC(=O)c4ccc(O)cc4)cc3[C@@H]2COC(=O)c2ccc(O)cc2)cc(OC)c1O. The van der Waals surface area contributed by atoms with Crippen molar-refractivity contribution >= 4 is 18.0 Å². The number of carbonyl (C=O) groups is 2. The average molecular weight is 629 g/mol. The summed E-state index contributed by atoms with van der Waals surface area (Å²) in [5, 5.41) is 29.5. The number of carbonyl (C=O) groups excluding carboxylic acids is 2. The molecule has 0 fully saturated rings. The summed E-state index contributed by atoms with van der Waals surface area (Å²) in [6.07, 6.45) is 2.72. The minimum absolute atomic E-state index is 0.0149. The molecule has 3 N–H and O–H groups in total. The lowest BCUT2D eigenvalue weighted by Gasteiger charge is -2.21. The van der Waals surface area contributed by atoms with Crippen LogP contribution in [0.15, 0.2) is 78.9 Å². The van der Waals surface area contributed by atoms with E-state index >= 15 is 0 Å². The Morgan fingerprint density at radius 3 is 1.83 bits per heavy atom. The van der Waals surface area contributed by atoms with E-state index < -0.39 is 24.0 Å². The minimum Gasteiger partial charge on any atom is -0.508 e. The van der Waals surface area contributed by atoms with Gasteiger partial charge in [0.15, 0.2) is 23.0 Å². The van der Waals surface area contributed by atoms with Gasteiger partial charge in [-0.1, -0.05) is 6.08 Å². The summed E-state index contributed by atoms with van der Waals surface area (Å²) >= 11 is 0. The zero-order valence-electron chi connectivity index (χ0n) is 25.3. The molecule has 238 valence electrons. The third kappa shape index (κ3) is 6.78. The van der Waals surface area contributed by atoms with Gasteiger partial charge in [-0.2, -0.15) is 0 Å². The molecule has 5 rings (SSSR count). The Morgan fingerprint density at radius 1 is 0.739 bits per heavy atom. The van der Waals surface area contributed by atoms with Gasteiger partial charge in [-0.05, 0) is 84.4 Å². The number of fused-ring (bicyclic) bond motifs is 1. The summed E-state index contributed by atoms with van der Waals surface area (Å²) in [5.41, 5.74) is 2.55. The standard InChI is InChI=1S/C35H32O11/c1-41-28-17-23(18-29(42-2)31(28)38)32-27(19-45-35(40)22-8-12-25(37)13-9-22)26-15-20(16-30(43-3)33(26)46-32)5-4-14-44-34(39)21-6-10-24(36)11-7-21/h4-13,15-18,27,32,36-38H,14,19H2,1-3H3/t27-,32+/m0/s1. The van der Waals surface area contributed by atoms with Crippen molar-refractivity contribution in [3.8, 4) is 40.2 Å². The summed E-state index contributed by atoms with van der Waals surface area (Å²) in [4.78, 5) is 25.3. The number of phenols is 3. The lowest BCUT2D eigenvalue weighted by molar-refractivity contribution is 0.0428. The number of aromatic hydroxyl groups is 3. The summed E-state index contributed by atoms with van der Waals surface area (Å²) < 4.78 is 33.9. The third-order valence-electron chi connectivity index (χ3n) is 7.39. The Morgan fingerprint density at radius 2 is 1.28 bits per heavy atom. The summed E-state index contributed by atoms with van der Waals surface area (Å²) in [6.45, 7) is -0.109. The van der Waals surface area contributed by atoms with Crippen LogP contribution in [0.25, 0.3) is 6.08 Å². The van der Waals surface area contributed by atoms with Crippen LogP contribution in [-0.4, -0.2) is 61.8 Å². The molecule has 1 heterocycles. The van der Waals surface area contributed by atoms with Crippen molar-refractivity contribution in [1.29, 1.82) is 0 Å². The van der Waals surface area contributed by atoms with Gasteiger partial charge in [0.2, 0.25) is 5.75 Å². The van der Waals surface area contributed by atoms with Gasteiger partial charge in [0.05, 0.1) is 38.4 Å². The molecule has 0 unspecified atom stereocenters. The maximum Gasteiger partial charge on any atom is 0.338 e. The first-order valence-electron chi connectivity index (χ1n) is 14.1. The Kier molecular flexibility index (Phi) is 9.51. The first kappa shape index (κ1) is 31.6. The fourth-order valence-corrected chi connectivity index (χ4v) is 5.06. The molecule has 11 heteroatoms. The zero-order chi connectivity index (χ0) is 32.8. The van der Waals surface area contributed by atoms with Crippen LogP contribution in [0, 0.1) is 0 Å². The van der Waals surface area contributed by atoms with E-state index in [1.807, 2.05) is 6.07 Å². The van der Waals surface area contributed by atoms with Crippen LogP contribution in [0.4, 0.5) is 0 Å². The monoisotopic (exact) mass is 628 g/mol. The van der Waals surface area contributed by atoms with Crippen molar-refractivity contribution in [1.82, 2.24) is 0 Å². The highest BCUT2D eigenvalue weighted by Gasteiger charge is 2.40. The van der Waals surface area contributed by atoms with Crippen molar-refractivity contribution in [2.45, 2.75) is 12.0 Å². The molecule has 4 aromatic carbocycles. The molecule has 0 spiro atoms. The molecule has 1 aliphatic heterocycles. The van der Waals surface area contributed by atoms with Gasteiger partial charge in [-0.3, -0.25) is 0 Å². The molecule has 0 bridgehead atoms. The van der Waals surface area contributed by atoms with E-state index in [0.717, 1.165) is 0 Å². The summed E-state index contributed by atoms with van der Waals surface area (Å²) in [5.74, 6) is -0.557. The van der Waals surface area contributed by atoms with Crippen LogP contribution >= 0.6 is 0 Å². The molecule has 2 atom stereocenters. The number of ether oxygens (including phenoxy) is 6. The quantitative estimate of drug-likeness (QED) is 0.174. The molecule has 46 heavy (non-hydrogen) atoms. The van der Waals surface area contributed by atoms with Crippen LogP contribution in [0.2, 0.25) is 0 Å². The topological polar surface area (TPSA) is 150 Å². The van der Waals surface area contributed by atoms with Gasteiger partial charge in [0, 0.05) is 11.1 Å². The Balaban J connectivity index is 1.44. The fraction of sp³-hybridized carbons (Fsp3) is 0.200. The molecule has 0 amide bonds. The van der Waals surface area contributed by atoms with E-state index in [1.165, 1.54) is 69.9 Å². The van der Waals surface area contributed by atoms with Crippen molar-refractivity contribution in [3.63, 3.8) is 0 Å². The smallest absolute Gasteiger partial charge is 0.338 e. The molecule has 1 aliphatic rings. The molecule has 0 saturated heterocycles. The number of hydrogen-bond donors (Lipinski definition) is 3. The first-order valence-corrected chi connectivity index (χ1v) is 14.1. The lowest BCUT2D eigenvalue weighted by atomic mass is 9.90. The van der Waals surface area contributed by atoms with Crippen LogP contribution in [0.1, 0.15) is 49.4 Å². The van der Waals surface area contributed by atoms with Gasteiger partial charge >= 0.3 is 11.9 Å². The molecule has 11 nitrogen and oxygen atoms in total. The minimum atomic E-state index is -0.703. The van der Waals surface area contributed by atoms with E-state index in [9.17, 15) is 24.9 Å². The molecule has 0 radical (unpaired) electrons. The largest absolute Gasteiger partial charge is 0.508 e. The highest BCUT2D eigenvalue weighted by molar-refractivity contribution is 5.90. The van der Waals surface area contributed by atoms with Crippen LogP contribution in [0.5, 0.6) is 40.2 Å². The van der Waals surface area contributed by atoms with Crippen molar-refractivity contribution in [2.24, 2.45) is 0 Å². The molecule has 0 aliphatic carbocycles. The normalized spacial score (nSPS) is 15.1. The fourth-order valence-electron chi connectivity index (χ4n) is 5.06.